The SMILES string of the molecule is NC(=O)C1CCN(c2ncccc2CNc2cccc(F)n2)CC1. The van der Waals surface area contributed by atoms with Crippen molar-refractivity contribution >= 4 is 17.5 Å². The van der Waals surface area contributed by atoms with Gasteiger partial charge in [-0.25, -0.2) is 9.97 Å². The Morgan fingerprint density at radius 1 is 1.29 bits per heavy atom. The van der Waals surface area contributed by atoms with Gasteiger partial charge in [0.1, 0.15) is 11.6 Å². The second kappa shape index (κ2) is 7.25. The van der Waals surface area contributed by atoms with Crippen LogP contribution in [0.2, 0.25) is 0 Å². The number of primary amides is 1. The van der Waals surface area contributed by atoms with E-state index in [1.165, 1.54) is 6.07 Å². The molecular weight excluding hydrogens is 309 g/mol. The summed E-state index contributed by atoms with van der Waals surface area (Å²) in [5.41, 5.74) is 6.39. The van der Waals surface area contributed by atoms with Gasteiger partial charge in [-0.05, 0) is 31.0 Å². The zero-order chi connectivity index (χ0) is 16.9. The Balaban J connectivity index is 1.68. The highest BCUT2D eigenvalue weighted by Gasteiger charge is 2.24. The Morgan fingerprint density at radius 3 is 2.79 bits per heavy atom. The van der Waals surface area contributed by atoms with Gasteiger partial charge in [0, 0.05) is 37.3 Å². The Kier molecular flexibility index (Phi) is 4.88. The molecule has 3 rings (SSSR count). The Bertz CT molecular complexity index is 716. The van der Waals surface area contributed by atoms with Gasteiger partial charge in [0.05, 0.1) is 0 Å². The Morgan fingerprint density at radius 2 is 2.08 bits per heavy atom. The van der Waals surface area contributed by atoms with Crippen LogP contribution in [0.15, 0.2) is 36.5 Å². The molecule has 3 N–H and O–H groups in total. The largest absolute Gasteiger partial charge is 0.369 e. The summed E-state index contributed by atoms with van der Waals surface area (Å²) in [6.07, 6.45) is 3.23. The van der Waals surface area contributed by atoms with Crippen LogP contribution in [0.1, 0.15) is 18.4 Å². The van der Waals surface area contributed by atoms with Gasteiger partial charge in [-0.1, -0.05) is 12.1 Å². The minimum absolute atomic E-state index is 0.0527. The molecule has 1 aliphatic rings. The molecule has 0 aliphatic carbocycles. The normalized spacial score (nSPS) is 15.3. The molecule has 24 heavy (non-hydrogen) atoms. The number of amides is 1. The van der Waals surface area contributed by atoms with Crippen LogP contribution >= 0.6 is 0 Å². The van der Waals surface area contributed by atoms with Crippen molar-refractivity contribution < 1.29 is 9.18 Å². The molecule has 1 aliphatic heterocycles. The van der Waals surface area contributed by atoms with E-state index < -0.39 is 5.95 Å². The van der Waals surface area contributed by atoms with Crippen LogP contribution in [0.5, 0.6) is 0 Å². The van der Waals surface area contributed by atoms with Crippen LogP contribution in [0.4, 0.5) is 16.0 Å². The Hall–Kier alpha value is -2.70. The average molecular weight is 329 g/mol. The lowest BCUT2D eigenvalue weighted by atomic mass is 9.96. The number of anilines is 2. The zero-order valence-electron chi connectivity index (χ0n) is 13.3. The molecule has 3 heterocycles. The van der Waals surface area contributed by atoms with E-state index in [9.17, 15) is 9.18 Å². The smallest absolute Gasteiger partial charge is 0.220 e. The second-order valence-corrected chi connectivity index (χ2v) is 5.85. The third-order valence-electron chi connectivity index (χ3n) is 4.24. The maximum atomic E-state index is 13.2. The molecule has 126 valence electrons. The van der Waals surface area contributed by atoms with Crippen LogP contribution in [0, 0.1) is 11.9 Å². The first kappa shape index (κ1) is 16.2. The highest BCUT2D eigenvalue weighted by atomic mass is 19.1. The molecule has 1 fully saturated rings. The first-order valence-electron chi connectivity index (χ1n) is 7.98. The molecule has 0 aromatic carbocycles. The van der Waals surface area contributed by atoms with Crippen molar-refractivity contribution in [2.24, 2.45) is 11.7 Å². The highest BCUT2D eigenvalue weighted by Crippen LogP contribution is 2.25. The van der Waals surface area contributed by atoms with Crippen LogP contribution < -0.4 is 16.0 Å². The molecule has 2 aromatic heterocycles. The summed E-state index contributed by atoms with van der Waals surface area (Å²) in [4.78, 5) is 21.7. The number of pyridine rings is 2. The number of halogens is 1. The maximum Gasteiger partial charge on any atom is 0.220 e. The summed E-state index contributed by atoms with van der Waals surface area (Å²) < 4.78 is 13.2. The van der Waals surface area contributed by atoms with E-state index in [0.717, 1.165) is 37.3 Å². The van der Waals surface area contributed by atoms with E-state index in [-0.39, 0.29) is 11.8 Å². The third-order valence-corrected chi connectivity index (χ3v) is 4.24. The summed E-state index contributed by atoms with van der Waals surface area (Å²) in [6, 6.07) is 8.49. The van der Waals surface area contributed by atoms with Crippen LogP contribution in [0.3, 0.4) is 0 Å². The van der Waals surface area contributed by atoms with E-state index in [1.54, 1.807) is 18.3 Å². The number of hydrogen-bond donors (Lipinski definition) is 2. The van der Waals surface area contributed by atoms with E-state index in [4.69, 9.17) is 5.73 Å². The fourth-order valence-corrected chi connectivity index (χ4v) is 2.92. The summed E-state index contributed by atoms with van der Waals surface area (Å²) in [7, 11) is 0. The van der Waals surface area contributed by atoms with Gasteiger partial charge in [-0.2, -0.15) is 4.39 Å². The quantitative estimate of drug-likeness (QED) is 0.819. The number of nitrogens with zero attached hydrogens (tertiary/aromatic N) is 3. The van der Waals surface area contributed by atoms with E-state index >= 15 is 0 Å². The monoisotopic (exact) mass is 329 g/mol. The number of hydrogen-bond acceptors (Lipinski definition) is 5. The van der Waals surface area contributed by atoms with Crippen molar-refractivity contribution in [3.63, 3.8) is 0 Å². The number of nitrogens with one attached hydrogen (secondary N) is 1. The van der Waals surface area contributed by atoms with Gasteiger partial charge in [0.2, 0.25) is 11.9 Å². The van der Waals surface area contributed by atoms with Crippen molar-refractivity contribution in [3.05, 3.63) is 48.0 Å². The number of rotatable bonds is 5. The first-order valence-corrected chi connectivity index (χ1v) is 7.98. The predicted molar refractivity (Wildman–Crippen MR) is 89.9 cm³/mol. The highest BCUT2D eigenvalue weighted by molar-refractivity contribution is 5.77. The van der Waals surface area contributed by atoms with Crippen molar-refractivity contribution in [1.82, 2.24) is 9.97 Å². The number of aromatic nitrogens is 2. The van der Waals surface area contributed by atoms with Gasteiger partial charge >= 0.3 is 0 Å². The molecule has 1 saturated heterocycles. The third kappa shape index (κ3) is 3.79. The number of carbonyl (C=O) groups excluding carboxylic acids is 1. The lowest BCUT2D eigenvalue weighted by Crippen LogP contribution is -2.39. The van der Waals surface area contributed by atoms with Crippen molar-refractivity contribution in [3.8, 4) is 0 Å². The summed E-state index contributed by atoms with van der Waals surface area (Å²) in [6.45, 7) is 1.99. The molecule has 0 radical (unpaired) electrons. The van der Waals surface area contributed by atoms with Gasteiger partial charge in [-0.3, -0.25) is 4.79 Å². The number of nitrogens with two attached hydrogens (primary N) is 1. The molecular formula is C17H20FN5O. The second-order valence-electron chi connectivity index (χ2n) is 5.85. The van der Waals surface area contributed by atoms with Crippen LogP contribution in [-0.4, -0.2) is 29.0 Å². The van der Waals surface area contributed by atoms with Crippen molar-refractivity contribution in [2.75, 3.05) is 23.3 Å². The van der Waals surface area contributed by atoms with E-state index in [0.29, 0.717) is 12.4 Å². The van der Waals surface area contributed by atoms with Gasteiger partial charge in [0.25, 0.3) is 0 Å². The van der Waals surface area contributed by atoms with Gasteiger partial charge in [0.15, 0.2) is 0 Å². The van der Waals surface area contributed by atoms with Crippen molar-refractivity contribution in [1.29, 1.82) is 0 Å². The van der Waals surface area contributed by atoms with Crippen LogP contribution in [-0.2, 0) is 11.3 Å². The standard InChI is InChI=1S/C17H20FN5O/c18-14-4-1-5-15(22-14)21-11-13-3-2-8-20-17(13)23-9-6-12(7-10-23)16(19)24/h1-5,8,12H,6-7,9-11H2,(H2,19,24)(H,21,22). The molecule has 2 aromatic rings. The predicted octanol–water partition coefficient (Wildman–Crippen LogP) is 1.93. The molecule has 0 atom stereocenters. The average Bonchev–Trinajstić information content (AvgIpc) is 2.60. The van der Waals surface area contributed by atoms with Crippen molar-refractivity contribution in [2.45, 2.75) is 19.4 Å². The molecule has 1 amide bonds. The maximum absolute atomic E-state index is 13.2. The van der Waals surface area contributed by atoms with Gasteiger partial charge in [-0.15, -0.1) is 0 Å². The minimum atomic E-state index is -0.514. The molecule has 0 spiro atoms. The molecule has 0 bridgehead atoms. The lowest BCUT2D eigenvalue weighted by molar-refractivity contribution is -0.122. The van der Waals surface area contributed by atoms with E-state index in [2.05, 4.69) is 20.2 Å². The summed E-state index contributed by atoms with van der Waals surface area (Å²) >= 11 is 0. The fraction of sp³-hybridized carbons (Fsp3) is 0.353. The summed E-state index contributed by atoms with van der Waals surface area (Å²) in [5, 5.41) is 3.12. The van der Waals surface area contributed by atoms with Crippen LogP contribution in [0.25, 0.3) is 0 Å². The number of piperidine rings is 1. The topological polar surface area (TPSA) is 84.1 Å². The van der Waals surface area contributed by atoms with Gasteiger partial charge < -0.3 is 16.0 Å². The zero-order valence-corrected chi connectivity index (χ0v) is 13.3. The molecule has 0 unspecified atom stereocenters. The lowest BCUT2D eigenvalue weighted by Gasteiger charge is -2.32. The first-order chi connectivity index (χ1) is 11.6. The fourth-order valence-electron chi connectivity index (χ4n) is 2.92. The number of carbonyl (C=O) groups is 1. The molecule has 0 saturated carbocycles. The molecule has 7 heteroatoms. The molecule has 6 nitrogen and oxygen atoms in total. The Labute approximate surface area is 139 Å². The minimum Gasteiger partial charge on any atom is -0.369 e. The summed E-state index contributed by atoms with van der Waals surface area (Å²) in [5.74, 6) is 0.569. The van der Waals surface area contributed by atoms with E-state index in [1.807, 2.05) is 12.1 Å².